The molecule has 1 atom stereocenters. The van der Waals surface area contributed by atoms with Gasteiger partial charge in [0, 0.05) is 44.3 Å². The van der Waals surface area contributed by atoms with Crippen molar-refractivity contribution in [2.24, 2.45) is 10.4 Å². The molecule has 1 aromatic carbocycles. The van der Waals surface area contributed by atoms with E-state index in [1.807, 2.05) is 0 Å². The Kier molecular flexibility index (Phi) is 7.61. The minimum atomic E-state index is -4.36. The standard InChI is InChI=1S/C18H24F3N3O2.HI/c1-22-16(24-8-6-17(11-24)7-9-25-12-17)23-10-14-4-2-3-5-15(14)26-13-18(19,20)21;/h2-5H,6-13H2,1H3,(H,22,23);1H. The Labute approximate surface area is 174 Å². The fraction of sp³-hybridized carbons (Fsp3) is 0.611. The predicted molar refractivity (Wildman–Crippen MR) is 108 cm³/mol. The van der Waals surface area contributed by atoms with Crippen LogP contribution in [0.15, 0.2) is 29.3 Å². The number of likely N-dealkylation sites (tertiary alicyclic amines) is 1. The Balaban J connectivity index is 0.00000261. The Morgan fingerprint density at radius 3 is 2.78 bits per heavy atom. The van der Waals surface area contributed by atoms with Gasteiger partial charge in [0.15, 0.2) is 12.6 Å². The molecule has 9 heteroatoms. The first-order chi connectivity index (χ1) is 12.4. The number of hydrogen-bond donors (Lipinski definition) is 1. The van der Waals surface area contributed by atoms with Crippen LogP contribution in [0.25, 0.3) is 0 Å². The molecule has 5 nitrogen and oxygen atoms in total. The highest BCUT2D eigenvalue weighted by Gasteiger charge is 2.42. The number of guanidine groups is 1. The lowest BCUT2D eigenvalue weighted by molar-refractivity contribution is -0.153. The predicted octanol–water partition coefficient (Wildman–Crippen LogP) is 3.43. The summed E-state index contributed by atoms with van der Waals surface area (Å²) in [7, 11) is 1.71. The van der Waals surface area contributed by atoms with Crippen LogP contribution in [-0.2, 0) is 11.3 Å². The van der Waals surface area contributed by atoms with Gasteiger partial charge in [0.25, 0.3) is 0 Å². The maximum atomic E-state index is 12.4. The second-order valence-corrected chi connectivity index (χ2v) is 6.89. The van der Waals surface area contributed by atoms with Gasteiger partial charge in [0.2, 0.25) is 0 Å². The third-order valence-corrected chi connectivity index (χ3v) is 4.94. The first kappa shape index (κ1) is 22.1. The van der Waals surface area contributed by atoms with Gasteiger partial charge in [-0.05, 0) is 18.9 Å². The second-order valence-electron chi connectivity index (χ2n) is 6.89. The van der Waals surface area contributed by atoms with Crippen molar-refractivity contribution in [2.75, 3.05) is 40.0 Å². The molecule has 152 valence electrons. The molecule has 1 spiro atoms. The quantitative estimate of drug-likeness (QED) is 0.392. The van der Waals surface area contributed by atoms with E-state index in [-0.39, 0.29) is 35.1 Å². The summed E-state index contributed by atoms with van der Waals surface area (Å²) in [6.07, 6.45) is -2.22. The number of aliphatic imine (C=N–C) groups is 1. The van der Waals surface area contributed by atoms with Gasteiger partial charge in [0.1, 0.15) is 5.75 Å². The van der Waals surface area contributed by atoms with Gasteiger partial charge in [-0.3, -0.25) is 4.99 Å². The van der Waals surface area contributed by atoms with E-state index in [9.17, 15) is 13.2 Å². The van der Waals surface area contributed by atoms with Crippen molar-refractivity contribution in [3.05, 3.63) is 29.8 Å². The van der Waals surface area contributed by atoms with Crippen LogP contribution in [0.3, 0.4) is 0 Å². The molecule has 0 radical (unpaired) electrons. The van der Waals surface area contributed by atoms with Crippen LogP contribution < -0.4 is 10.1 Å². The van der Waals surface area contributed by atoms with Crippen LogP contribution >= 0.6 is 24.0 Å². The van der Waals surface area contributed by atoms with E-state index >= 15 is 0 Å². The van der Waals surface area contributed by atoms with Gasteiger partial charge in [-0.1, -0.05) is 18.2 Å². The van der Waals surface area contributed by atoms with E-state index in [0.29, 0.717) is 12.1 Å². The molecule has 0 aromatic heterocycles. The molecule has 2 heterocycles. The van der Waals surface area contributed by atoms with E-state index in [2.05, 4.69) is 15.2 Å². The monoisotopic (exact) mass is 499 g/mol. The number of hydrogen-bond acceptors (Lipinski definition) is 3. The zero-order chi connectivity index (χ0) is 18.6. The summed E-state index contributed by atoms with van der Waals surface area (Å²) in [6.45, 7) is 2.43. The Morgan fingerprint density at radius 2 is 2.11 bits per heavy atom. The number of benzene rings is 1. The highest BCUT2D eigenvalue weighted by molar-refractivity contribution is 14.0. The molecule has 2 saturated heterocycles. The molecule has 0 saturated carbocycles. The molecular formula is C18H25F3IN3O2. The molecule has 1 N–H and O–H groups in total. The average Bonchev–Trinajstić information content (AvgIpc) is 3.24. The number of nitrogens with one attached hydrogen (secondary N) is 1. The van der Waals surface area contributed by atoms with Gasteiger partial charge in [-0.25, -0.2) is 0 Å². The third kappa shape index (κ3) is 5.87. The van der Waals surface area contributed by atoms with Crippen molar-refractivity contribution in [3.63, 3.8) is 0 Å². The Hall–Kier alpha value is -1.23. The van der Waals surface area contributed by atoms with Crippen LogP contribution in [0.5, 0.6) is 5.75 Å². The summed E-state index contributed by atoms with van der Waals surface area (Å²) < 4.78 is 47.7. The molecule has 2 aliphatic heterocycles. The molecule has 0 aliphatic carbocycles. The van der Waals surface area contributed by atoms with Crippen LogP contribution in [-0.4, -0.2) is 57.0 Å². The van der Waals surface area contributed by atoms with E-state index in [1.165, 1.54) is 0 Å². The smallest absolute Gasteiger partial charge is 0.422 e. The lowest BCUT2D eigenvalue weighted by Gasteiger charge is -2.25. The molecule has 2 aliphatic rings. The Morgan fingerprint density at radius 1 is 1.33 bits per heavy atom. The van der Waals surface area contributed by atoms with Gasteiger partial charge in [-0.2, -0.15) is 13.2 Å². The summed E-state index contributed by atoms with van der Waals surface area (Å²) in [5.74, 6) is 0.981. The van der Waals surface area contributed by atoms with Crippen molar-refractivity contribution in [1.82, 2.24) is 10.2 Å². The largest absolute Gasteiger partial charge is 0.484 e. The first-order valence-corrected chi connectivity index (χ1v) is 8.72. The van der Waals surface area contributed by atoms with Gasteiger partial charge < -0.3 is 19.7 Å². The topological polar surface area (TPSA) is 46.1 Å². The van der Waals surface area contributed by atoms with Crippen molar-refractivity contribution in [1.29, 1.82) is 0 Å². The lowest BCUT2D eigenvalue weighted by Crippen LogP contribution is -2.41. The minimum Gasteiger partial charge on any atom is -0.484 e. The lowest BCUT2D eigenvalue weighted by atomic mass is 9.87. The summed E-state index contributed by atoms with van der Waals surface area (Å²) in [5.41, 5.74) is 0.877. The zero-order valence-electron chi connectivity index (χ0n) is 15.2. The minimum absolute atomic E-state index is 0. The van der Waals surface area contributed by atoms with Crippen molar-refractivity contribution >= 4 is 29.9 Å². The first-order valence-electron chi connectivity index (χ1n) is 8.72. The maximum Gasteiger partial charge on any atom is 0.422 e. The molecule has 0 bridgehead atoms. The third-order valence-electron chi connectivity index (χ3n) is 4.94. The maximum absolute atomic E-state index is 12.4. The van der Waals surface area contributed by atoms with Crippen LogP contribution in [0.1, 0.15) is 18.4 Å². The molecule has 1 aromatic rings. The number of alkyl halides is 3. The van der Waals surface area contributed by atoms with Gasteiger partial charge in [-0.15, -0.1) is 24.0 Å². The van der Waals surface area contributed by atoms with E-state index < -0.39 is 12.8 Å². The number of nitrogens with zero attached hydrogens (tertiary/aromatic N) is 2. The van der Waals surface area contributed by atoms with Crippen LogP contribution in [0.4, 0.5) is 13.2 Å². The molecule has 1 unspecified atom stereocenters. The normalized spacial score (nSPS) is 22.8. The van der Waals surface area contributed by atoms with Crippen molar-refractivity contribution in [3.8, 4) is 5.75 Å². The van der Waals surface area contributed by atoms with E-state index in [4.69, 9.17) is 9.47 Å². The van der Waals surface area contributed by atoms with Gasteiger partial charge in [0.05, 0.1) is 6.61 Å². The second kappa shape index (κ2) is 9.31. The van der Waals surface area contributed by atoms with Crippen LogP contribution in [0.2, 0.25) is 0 Å². The van der Waals surface area contributed by atoms with E-state index in [0.717, 1.165) is 45.1 Å². The fourth-order valence-electron chi connectivity index (χ4n) is 3.54. The van der Waals surface area contributed by atoms with Crippen molar-refractivity contribution < 1.29 is 22.6 Å². The molecule has 2 fully saturated rings. The number of halogens is 4. The number of rotatable bonds is 4. The summed E-state index contributed by atoms with van der Waals surface area (Å²) >= 11 is 0. The fourth-order valence-corrected chi connectivity index (χ4v) is 3.54. The Bertz CT molecular complexity index is 649. The number of ether oxygens (including phenoxy) is 2. The van der Waals surface area contributed by atoms with Gasteiger partial charge >= 0.3 is 6.18 Å². The SMILES string of the molecule is CN=C(NCc1ccccc1OCC(F)(F)F)N1CCC2(CCOC2)C1.I. The summed E-state index contributed by atoms with van der Waals surface area (Å²) in [6, 6.07) is 6.74. The summed E-state index contributed by atoms with van der Waals surface area (Å²) in [5, 5.41) is 3.25. The van der Waals surface area contributed by atoms with Crippen LogP contribution in [0, 0.1) is 5.41 Å². The highest BCUT2D eigenvalue weighted by atomic mass is 127. The molecule has 0 amide bonds. The molecular weight excluding hydrogens is 474 g/mol. The zero-order valence-corrected chi connectivity index (χ0v) is 17.5. The average molecular weight is 499 g/mol. The van der Waals surface area contributed by atoms with Crippen molar-refractivity contribution in [2.45, 2.75) is 25.6 Å². The summed E-state index contributed by atoms with van der Waals surface area (Å²) in [4.78, 5) is 6.51. The molecule has 27 heavy (non-hydrogen) atoms. The highest BCUT2D eigenvalue weighted by Crippen LogP contribution is 2.38. The molecule has 3 rings (SSSR count). The number of para-hydroxylation sites is 1. The van der Waals surface area contributed by atoms with E-state index in [1.54, 1.807) is 31.3 Å².